The van der Waals surface area contributed by atoms with Gasteiger partial charge in [-0.2, -0.15) is 0 Å². The van der Waals surface area contributed by atoms with Gasteiger partial charge in [0.15, 0.2) is 0 Å². The number of hydrogen-bond donors (Lipinski definition) is 1. The van der Waals surface area contributed by atoms with Gasteiger partial charge in [-0.25, -0.2) is 0 Å². The molecule has 0 radical (unpaired) electrons. The molecule has 0 aliphatic rings. The standard InChI is InChI=1S/C26H41NP2.2ClH.Ru/c1-17(2)28(18(3)4)25-15-21(9)11-13-23(25)27-24-14-12-22(10)16-26(24)29(19(5)6)20(7)8;;;/h11-20,27H,1-10H3;2*1H;/q;;;+2/p-2. The van der Waals surface area contributed by atoms with Gasteiger partial charge in [0.1, 0.15) is 0 Å². The van der Waals surface area contributed by atoms with Crippen LogP contribution in [0.25, 0.3) is 0 Å². The summed E-state index contributed by atoms with van der Waals surface area (Å²) in [6.07, 6.45) is 0. The molecule has 0 aromatic heterocycles. The number of benzene rings is 2. The van der Waals surface area contributed by atoms with E-state index >= 15 is 0 Å². The third kappa shape index (κ3) is 8.82. The van der Waals surface area contributed by atoms with Crippen molar-refractivity contribution in [1.82, 2.24) is 0 Å². The Morgan fingerprint density at radius 1 is 0.625 bits per heavy atom. The average molecular weight is 602 g/mol. The molecular weight excluding hydrogens is 560 g/mol. The molecule has 0 unspecified atom stereocenters. The van der Waals surface area contributed by atoms with E-state index in [1.165, 1.54) is 33.1 Å². The molecule has 2 rings (SSSR count). The van der Waals surface area contributed by atoms with Crippen LogP contribution in [-0.4, -0.2) is 22.6 Å². The van der Waals surface area contributed by atoms with Gasteiger partial charge < -0.3 is 5.32 Å². The zero-order valence-corrected chi connectivity index (χ0v) is 26.3. The van der Waals surface area contributed by atoms with Crippen LogP contribution >= 0.6 is 35.2 Å². The zero-order chi connectivity index (χ0) is 24.6. The van der Waals surface area contributed by atoms with Crippen LogP contribution in [0.2, 0.25) is 0 Å². The van der Waals surface area contributed by atoms with E-state index in [1.807, 2.05) is 0 Å². The summed E-state index contributed by atoms with van der Waals surface area (Å²) in [5.74, 6) is 0. The van der Waals surface area contributed by atoms with Crippen molar-refractivity contribution in [2.45, 2.75) is 91.9 Å². The van der Waals surface area contributed by atoms with Crippen LogP contribution in [0.1, 0.15) is 66.5 Å². The Hall–Kier alpha value is 0.303. The summed E-state index contributed by atoms with van der Waals surface area (Å²) in [6, 6.07) is 14.0. The van der Waals surface area contributed by atoms with Crippen LogP contribution in [0.4, 0.5) is 11.4 Å². The minimum absolute atomic E-state index is 0.220. The SMILES string of the molecule is Cc1ccc(Nc2ccc(C)cc2P(C(C)C)C(C)C)c(P(C(C)C)C(C)C)c1.[Cl][Ru][Cl]. The molecule has 2 aromatic rings. The summed E-state index contributed by atoms with van der Waals surface area (Å²) in [5, 5.41) is 6.95. The maximum atomic E-state index is 4.85. The Kier molecular flexibility index (Phi) is 13.9. The molecule has 0 aliphatic heterocycles. The van der Waals surface area contributed by atoms with Gasteiger partial charge in [-0.3, -0.25) is 0 Å². The van der Waals surface area contributed by atoms with Crippen molar-refractivity contribution in [3.63, 3.8) is 0 Å². The average Bonchev–Trinajstić information content (AvgIpc) is 2.65. The van der Waals surface area contributed by atoms with Crippen molar-refractivity contribution in [3.05, 3.63) is 47.5 Å². The normalized spacial score (nSPS) is 11.8. The number of nitrogens with one attached hydrogen (secondary N) is 1. The Morgan fingerprint density at radius 2 is 0.906 bits per heavy atom. The molecule has 1 N–H and O–H groups in total. The summed E-state index contributed by atoms with van der Waals surface area (Å²) < 4.78 is 0. The molecule has 182 valence electrons. The van der Waals surface area contributed by atoms with Crippen LogP contribution in [0.5, 0.6) is 0 Å². The topological polar surface area (TPSA) is 12.0 Å². The first-order chi connectivity index (χ1) is 14.9. The van der Waals surface area contributed by atoms with Gasteiger partial charge in [0, 0.05) is 22.0 Å². The van der Waals surface area contributed by atoms with E-state index in [1.54, 1.807) is 0 Å². The first-order valence-corrected chi connectivity index (χ1v) is 18.8. The number of halogens is 2. The molecule has 6 heteroatoms. The maximum absolute atomic E-state index is 4.85. The first-order valence-electron chi connectivity index (χ1n) is 11.3. The van der Waals surface area contributed by atoms with Crippen molar-refractivity contribution in [2.24, 2.45) is 0 Å². The molecule has 0 bridgehead atoms. The Morgan fingerprint density at radius 3 is 1.16 bits per heavy atom. The second kappa shape index (κ2) is 14.6. The quantitative estimate of drug-likeness (QED) is 0.235. The van der Waals surface area contributed by atoms with Crippen molar-refractivity contribution in [3.8, 4) is 0 Å². The van der Waals surface area contributed by atoms with Gasteiger partial charge >= 0.3 is 34.5 Å². The summed E-state index contributed by atoms with van der Waals surface area (Å²) >= 11 is -0.346. The Balaban J connectivity index is 0.00000161. The Bertz CT molecular complexity index is 757. The van der Waals surface area contributed by atoms with Gasteiger partial charge in [0.05, 0.1) is 0 Å². The van der Waals surface area contributed by atoms with Gasteiger partial charge in [-0.15, -0.1) is 0 Å². The van der Waals surface area contributed by atoms with Crippen LogP contribution in [0.15, 0.2) is 36.4 Å². The van der Waals surface area contributed by atoms with E-state index < -0.39 is 0 Å². The second-order valence-electron chi connectivity index (χ2n) is 9.41. The molecule has 0 saturated carbocycles. The van der Waals surface area contributed by atoms with E-state index in [9.17, 15) is 0 Å². The Labute approximate surface area is 216 Å². The van der Waals surface area contributed by atoms with E-state index in [2.05, 4.69) is 111 Å². The van der Waals surface area contributed by atoms with Crippen LogP contribution in [-0.2, 0) is 15.1 Å². The number of aryl methyl sites for hydroxylation is 2. The molecule has 0 atom stereocenters. The van der Waals surface area contributed by atoms with Crippen molar-refractivity contribution in [2.75, 3.05) is 5.32 Å². The first kappa shape index (κ1) is 30.3. The summed E-state index contributed by atoms with van der Waals surface area (Å²) in [7, 11) is 9.27. The van der Waals surface area contributed by atoms with Gasteiger partial charge in [0.25, 0.3) is 0 Å². The second-order valence-corrected chi connectivity index (χ2v) is 18.8. The molecule has 0 amide bonds. The van der Waals surface area contributed by atoms with Gasteiger partial charge in [0.2, 0.25) is 0 Å². The molecule has 0 aliphatic carbocycles. The fourth-order valence-corrected chi connectivity index (χ4v) is 10.5. The van der Waals surface area contributed by atoms with Crippen molar-refractivity contribution < 1.29 is 15.1 Å². The van der Waals surface area contributed by atoms with E-state index in [4.69, 9.17) is 19.4 Å². The minimum atomic E-state index is -0.346. The predicted octanol–water partition coefficient (Wildman–Crippen LogP) is 9.27. The molecule has 0 fully saturated rings. The number of anilines is 2. The fourth-order valence-electron chi connectivity index (χ4n) is 4.37. The summed E-state index contributed by atoms with van der Waals surface area (Å²) in [4.78, 5) is 0. The fraction of sp³-hybridized carbons (Fsp3) is 0.538. The zero-order valence-electron chi connectivity index (χ0n) is 21.3. The van der Waals surface area contributed by atoms with Gasteiger partial charge in [-0.1, -0.05) is 94.5 Å². The third-order valence-electron chi connectivity index (χ3n) is 5.36. The third-order valence-corrected chi connectivity index (χ3v) is 11.7. The molecule has 1 nitrogen and oxygen atoms in total. The molecule has 2 aromatic carbocycles. The monoisotopic (exact) mass is 601 g/mol. The number of hydrogen-bond acceptors (Lipinski definition) is 1. The van der Waals surface area contributed by atoms with Crippen molar-refractivity contribution in [1.29, 1.82) is 0 Å². The van der Waals surface area contributed by atoms with Crippen LogP contribution < -0.4 is 15.9 Å². The number of rotatable bonds is 8. The molecular formula is C26H41Cl2NP2Ru. The molecule has 0 heterocycles. The molecule has 32 heavy (non-hydrogen) atoms. The van der Waals surface area contributed by atoms with Gasteiger partial charge in [-0.05, 0) is 60.7 Å². The summed E-state index contributed by atoms with van der Waals surface area (Å²) in [6.45, 7) is 23.5. The van der Waals surface area contributed by atoms with Crippen LogP contribution in [0.3, 0.4) is 0 Å². The summed E-state index contributed by atoms with van der Waals surface area (Å²) in [5.41, 5.74) is 8.02. The van der Waals surface area contributed by atoms with Crippen LogP contribution in [0, 0.1) is 13.8 Å². The molecule has 0 saturated heterocycles. The predicted molar refractivity (Wildman–Crippen MR) is 151 cm³/mol. The molecule has 0 spiro atoms. The van der Waals surface area contributed by atoms with E-state index in [0.717, 1.165) is 0 Å². The van der Waals surface area contributed by atoms with E-state index in [-0.39, 0.29) is 31.0 Å². The van der Waals surface area contributed by atoms with E-state index in [0.29, 0.717) is 22.6 Å². The van der Waals surface area contributed by atoms with Crippen molar-refractivity contribution >= 4 is 57.2 Å².